The minimum absolute atomic E-state index is 0.0329. The van der Waals surface area contributed by atoms with Crippen molar-refractivity contribution in [2.75, 3.05) is 20.8 Å². The van der Waals surface area contributed by atoms with Gasteiger partial charge in [-0.25, -0.2) is 0 Å². The van der Waals surface area contributed by atoms with E-state index < -0.39 is 17.9 Å². The molecule has 1 aliphatic carbocycles. The average Bonchev–Trinajstić information content (AvgIpc) is 2.77. The quantitative estimate of drug-likeness (QED) is 0.389. The van der Waals surface area contributed by atoms with Crippen molar-refractivity contribution in [2.45, 2.75) is 6.10 Å². The van der Waals surface area contributed by atoms with Crippen molar-refractivity contribution < 1.29 is 23.8 Å². The van der Waals surface area contributed by atoms with Crippen molar-refractivity contribution in [3.63, 3.8) is 0 Å². The Morgan fingerprint density at radius 1 is 1.44 bits per heavy atom. The van der Waals surface area contributed by atoms with E-state index in [0.717, 1.165) is 0 Å². The van der Waals surface area contributed by atoms with Crippen LogP contribution in [0.2, 0.25) is 0 Å². The third-order valence-electron chi connectivity index (χ3n) is 3.13. The second-order valence-electron chi connectivity index (χ2n) is 3.98. The molecule has 88 valence electrons. The Kier molecular flexibility index (Phi) is 2.96. The highest BCUT2D eigenvalue weighted by Crippen LogP contribution is 2.40. The molecule has 1 unspecified atom stereocenters. The summed E-state index contributed by atoms with van der Waals surface area (Å²) in [6, 6.07) is 0. The maximum Gasteiger partial charge on any atom is 0.321 e. The first-order valence-corrected chi connectivity index (χ1v) is 5.14. The van der Waals surface area contributed by atoms with Crippen molar-refractivity contribution in [3.05, 3.63) is 12.2 Å². The molecular formula is C11H14O5. The van der Waals surface area contributed by atoms with Crippen LogP contribution in [0.25, 0.3) is 0 Å². The maximum atomic E-state index is 11.5. The first kappa shape index (κ1) is 11.1. The first-order chi connectivity index (χ1) is 7.69. The molecule has 16 heavy (non-hydrogen) atoms. The fourth-order valence-corrected chi connectivity index (χ4v) is 2.41. The van der Waals surface area contributed by atoms with Gasteiger partial charge in [0.25, 0.3) is 0 Å². The third kappa shape index (κ3) is 1.61. The third-order valence-corrected chi connectivity index (χ3v) is 3.13. The monoisotopic (exact) mass is 226 g/mol. The van der Waals surface area contributed by atoms with Gasteiger partial charge in [0, 0.05) is 18.9 Å². The Morgan fingerprint density at radius 3 is 2.81 bits per heavy atom. The molecule has 0 N–H and O–H groups in total. The van der Waals surface area contributed by atoms with Gasteiger partial charge in [-0.05, 0) is 6.08 Å². The fraction of sp³-hybridized carbons (Fsp3) is 0.636. The van der Waals surface area contributed by atoms with Gasteiger partial charge in [-0.15, -0.1) is 0 Å². The lowest BCUT2D eigenvalue weighted by molar-refractivity contribution is -0.155. The van der Waals surface area contributed by atoms with Gasteiger partial charge in [-0.1, -0.05) is 6.08 Å². The molecule has 1 aliphatic heterocycles. The van der Waals surface area contributed by atoms with Crippen LogP contribution in [0.4, 0.5) is 0 Å². The molecule has 0 bridgehead atoms. The van der Waals surface area contributed by atoms with Crippen LogP contribution in [0.1, 0.15) is 0 Å². The van der Waals surface area contributed by atoms with Crippen LogP contribution in [0.3, 0.4) is 0 Å². The summed E-state index contributed by atoms with van der Waals surface area (Å²) in [5, 5.41) is 0. The number of hydrogen-bond donors (Lipinski definition) is 0. The van der Waals surface area contributed by atoms with Crippen molar-refractivity contribution in [2.24, 2.45) is 17.8 Å². The molecule has 0 aromatic rings. The van der Waals surface area contributed by atoms with Gasteiger partial charge in [0.2, 0.25) is 0 Å². The van der Waals surface area contributed by atoms with E-state index in [4.69, 9.17) is 9.47 Å². The minimum atomic E-state index is -0.815. The molecule has 0 saturated carbocycles. The number of fused-ring (bicyclic) bond motifs is 1. The van der Waals surface area contributed by atoms with E-state index in [0.29, 0.717) is 6.61 Å². The normalized spacial score (nSPS) is 36.0. The molecule has 0 amide bonds. The summed E-state index contributed by atoms with van der Waals surface area (Å²) in [5.74, 6) is -1.98. The largest absolute Gasteiger partial charge is 0.468 e. The van der Waals surface area contributed by atoms with Crippen LogP contribution in [-0.4, -0.2) is 38.9 Å². The molecule has 0 radical (unpaired) electrons. The van der Waals surface area contributed by atoms with Crippen molar-refractivity contribution in [3.8, 4) is 0 Å². The van der Waals surface area contributed by atoms with Crippen molar-refractivity contribution in [1.82, 2.24) is 0 Å². The maximum absolute atomic E-state index is 11.5. The van der Waals surface area contributed by atoms with Crippen LogP contribution in [0.15, 0.2) is 12.2 Å². The number of methoxy groups -OCH3 is 2. The Balaban J connectivity index is 2.19. The van der Waals surface area contributed by atoms with E-state index >= 15 is 0 Å². The summed E-state index contributed by atoms with van der Waals surface area (Å²) >= 11 is 0. The van der Waals surface area contributed by atoms with E-state index in [2.05, 4.69) is 4.74 Å². The lowest BCUT2D eigenvalue weighted by Crippen LogP contribution is -2.32. The predicted octanol–water partition coefficient (Wildman–Crippen LogP) is 0.150. The summed E-state index contributed by atoms with van der Waals surface area (Å²) in [5.41, 5.74) is 0. The molecule has 2 aliphatic rings. The highest BCUT2D eigenvalue weighted by molar-refractivity contribution is 5.97. The molecule has 1 saturated heterocycles. The lowest BCUT2D eigenvalue weighted by atomic mass is 9.84. The number of carbonyl (C=O) groups is 2. The van der Waals surface area contributed by atoms with E-state index in [1.165, 1.54) is 7.11 Å². The van der Waals surface area contributed by atoms with E-state index in [1.807, 2.05) is 12.2 Å². The number of rotatable bonds is 3. The van der Waals surface area contributed by atoms with Gasteiger partial charge < -0.3 is 14.2 Å². The summed E-state index contributed by atoms with van der Waals surface area (Å²) in [6.45, 7) is 0.474. The van der Waals surface area contributed by atoms with Crippen LogP contribution in [0, 0.1) is 17.8 Å². The molecule has 1 fully saturated rings. The van der Waals surface area contributed by atoms with Crippen LogP contribution in [0.5, 0.6) is 0 Å². The van der Waals surface area contributed by atoms with Gasteiger partial charge >= 0.3 is 11.9 Å². The summed E-state index contributed by atoms with van der Waals surface area (Å²) < 4.78 is 14.8. The smallest absolute Gasteiger partial charge is 0.321 e. The highest BCUT2D eigenvalue weighted by Gasteiger charge is 2.53. The van der Waals surface area contributed by atoms with E-state index in [-0.39, 0.29) is 17.9 Å². The standard InChI is InChI=1S/C11H14O5/c1-14-5-6-3-4-7-8(6)9(10(12)15-2)11(13)16-7/h3-4,6-9H,5H2,1-2H3/t6-,7+,8-,9?/m1/s1. The summed E-state index contributed by atoms with van der Waals surface area (Å²) in [4.78, 5) is 23.1. The fourth-order valence-electron chi connectivity index (χ4n) is 2.41. The van der Waals surface area contributed by atoms with Gasteiger partial charge in [-0.3, -0.25) is 9.59 Å². The highest BCUT2D eigenvalue weighted by atomic mass is 16.6. The molecule has 0 aromatic heterocycles. The molecule has 2 rings (SSSR count). The molecule has 0 spiro atoms. The number of hydrogen-bond acceptors (Lipinski definition) is 5. The SMILES string of the molecule is COC[C@H]1C=C[C@@H]2OC(=O)C(C(=O)OC)[C@H]12. The van der Waals surface area contributed by atoms with Crippen LogP contribution >= 0.6 is 0 Å². The zero-order chi connectivity index (χ0) is 11.7. The van der Waals surface area contributed by atoms with Crippen molar-refractivity contribution >= 4 is 11.9 Å². The molecule has 5 nitrogen and oxygen atoms in total. The minimum Gasteiger partial charge on any atom is -0.468 e. The Labute approximate surface area is 93.4 Å². The molecule has 0 aromatic carbocycles. The number of ether oxygens (including phenoxy) is 3. The van der Waals surface area contributed by atoms with Gasteiger partial charge in [-0.2, -0.15) is 0 Å². The van der Waals surface area contributed by atoms with Gasteiger partial charge in [0.15, 0.2) is 5.92 Å². The summed E-state index contributed by atoms with van der Waals surface area (Å²) in [6.07, 6.45) is 3.44. The second-order valence-corrected chi connectivity index (χ2v) is 3.98. The van der Waals surface area contributed by atoms with Gasteiger partial charge in [0.05, 0.1) is 13.7 Å². The number of esters is 2. The molecule has 4 atom stereocenters. The zero-order valence-electron chi connectivity index (χ0n) is 9.21. The first-order valence-electron chi connectivity index (χ1n) is 5.14. The van der Waals surface area contributed by atoms with Crippen LogP contribution in [-0.2, 0) is 23.8 Å². The second kappa shape index (κ2) is 4.25. The Hall–Kier alpha value is -1.36. The van der Waals surface area contributed by atoms with Gasteiger partial charge in [0.1, 0.15) is 6.10 Å². The lowest BCUT2D eigenvalue weighted by Gasteiger charge is -2.19. The van der Waals surface area contributed by atoms with E-state index in [9.17, 15) is 9.59 Å². The molecule has 5 heteroatoms. The van der Waals surface area contributed by atoms with E-state index in [1.54, 1.807) is 7.11 Å². The topological polar surface area (TPSA) is 61.8 Å². The van der Waals surface area contributed by atoms with Crippen molar-refractivity contribution in [1.29, 1.82) is 0 Å². The molecule has 1 heterocycles. The molecular weight excluding hydrogens is 212 g/mol. The predicted molar refractivity (Wildman–Crippen MR) is 53.4 cm³/mol. The Bertz CT molecular complexity index is 335. The number of carbonyl (C=O) groups excluding carboxylic acids is 2. The summed E-state index contributed by atoms with van der Waals surface area (Å²) in [7, 11) is 2.86. The average molecular weight is 226 g/mol. The zero-order valence-corrected chi connectivity index (χ0v) is 9.21. The van der Waals surface area contributed by atoms with Crippen LogP contribution < -0.4 is 0 Å². The Morgan fingerprint density at radius 2 is 2.19 bits per heavy atom.